The van der Waals surface area contributed by atoms with Crippen LogP contribution >= 0.6 is 0 Å². The van der Waals surface area contributed by atoms with E-state index in [1.165, 1.54) is 0 Å². The summed E-state index contributed by atoms with van der Waals surface area (Å²) in [6, 6.07) is 26.6. The zero-order valence-corrected chi connectivity index (χ0v) is 30.0. The molecular formula is C42H47N5O5. The van der Waals surface area contributed by atoms with Crippen molar-refractivity contribution in [3.05, 3.63) is 119 Å². The summed E-state index contributed by atoms with van der Waals surface area (Å²) in [5, 5.41) is 3.38. The lowest BCUT2D eigenvalue weighted by atomic mass is 10.0. The van der Waals surface area contributed by atoms with Crippen molar-refractivity contribution in [1.29, 1.82) is 0 Å². The molecule has 1 N–H and O–H groups in total. The van der Waals surface area contributed by atoms with E-state index in [9.17, 15) is 14.4 Å². The van der Waals surface area contributed by atoms with Crippen LogP contribution in [0.4, 0.5) is 0 Å². The first-order valence-electron chi connectivity index (χ1n) is 18.5. The van der Waals surface area contributed by atoms with Gasteiger partial charge in [-0.15, -0.1) is 0 Å². The Labute approximate surface area is 305 Å². The lowest BCUT2D eigenvalue weighted by molar-refractivity contribution is -0.125. The quantitative estimate of drug-likeness (QED) is 0.163. The number of likely N-dealkylation sites (tertiary alicyclic amines) is 2. The molecule has 2 amide bonds. The van der Waals surface area contributed by atoms with Crippen molar-refractivity contribution in [2.24, 2.45) is 17.8 Å². The predicted molar refractivity (Wildman–Crippen MR) is 197 cm³/mol. The minimum absolute atomic E-state index is 0.000882. The molecule has 2 aliphatic heterocycles. The van der Waals surface area contributed by atoms with E-state index >= 15 is 0 Å². The Morgan fingerprint density at radius 3 is 2.06 bits per heavy atom. The van der Waals surface area contributed by atoms with Crippen molar-refractivity contribution in [1.82, 2.24) is 25.1 Å². The van der Waals surface area contributed by atoms with Gasteiger partial charge >= 0.3 is 12.0 Å². The van der Waals surface area contributed by atoms with Gasteiger partial charge in [0, 0.05) is 38.6 Å². The first kappa shape index (κ1) is 35.3. The van der Waals surface area contributed by atoms with Crippen molar-refractivity contribution in [3.63, 3.8) is 0 Å². The van der Waals surface area contributed by atoms with Crippen molar-refractivity contribution in [3.8, 4) is 11.8 Å². The monoisotopic (exact) mass is 701 g/mol. The van der Waals surface area contributed by atoms with E-state index in [0.717, 1.165) is 62.9 Å². The highest BCUT2D eigenvalue weighted by molar-refractivity contribution is 5.96. The predicted octanol–water partition coefficient (Wildman–Crippen LogP) is 6.68. The van der Waals surface area contributed by atoms with Crippen LogP contribution in [0.25, 0.3) is 0 Å². The molecule has 3 fully saturated rings. The molecule has 10 nitrogen and oxygen atoms in total. The molecule has 10 heteroatoms. The fourth-order valence-electron chi connectivity index (χ4n) is 8.01. The first-order valence-corrected chi connectivity index (χ1v) is 18.5. The second-order valence-corrected chi connectivity index (χ2v) is 14.5. The number of ether oxygens (including phenoxy) is 2. The largest absolute Gasteiger partial charge is 0.457 e. The van der Waals surface area contributed by atoms with E-state index in [-0.39, 0.29) is 36.4 Å². The summed E-state index contributed by atoms with van der Waals surface area (Å²) in [6.45, 7) is 8.02. The van der Waals surface area contributed by atoms with Gasteiger partial charge in [0.15, 0.2) is 0 Å². The summed E-state index contributed by atoms with van der Waals surface area (Å²) < 4.78 is 11.3. The second kappa shape index (κ2) is 16.1. The summed E-state index contributed by atoms with van der Waals surface area (Å²) in [4.78, 5) is 52.9. The highest BCUT2D eigenvalue weighted by Gasteiger charge is 2.42. The molecule has 270 valence electrons. The van der Waals surface area contributed by atoms with Gasteiger partial charge < -0.3 is 24.6 Å². The highest BCUT2D eigenvalue weighted by Crippen LogP contribution is 2.34. The summed E-state index contributed by atoms with van der Waals surface area (Å²) >= 11 is 0. The number of fused-ring (bicyclic) bond motifs is 1. The Morgan fingerprint density at radius 2 is 1.42 bits per heavy atom. The summed E-state index contributed by atoms with van der Waals surface area (Å²) in [5.41, 5.74) is 4.14. The van der Waals surface area contributed by atoms with Crippen LogP contribution in [0.2, 0.25) is 0 Å². The molecule has 3 atom stereocenters. The maximum absolute atomic E-state index is 13.8. The van der Waals surface area contributed by atoms with Gasteiger partial charge in [0.05, 0.1) is 28.6 Å². The zero-order chi connectivity index (χ0) is 36.0. The molecule has 3 unspecified atom stereocenters. The number of aryl methyl sites for hydroxylation is 2. The van der Waals surface area contributed by atoms with Gasteiger partial charge in [0.2, 0.25) is 5.91 Å². The number of carbonyl (C=O) groups is 3. The van der Waals surface area contributed by atoms with E-state index in [1.807, 2.05) is 67.3 Å². The molecule has 4 aromatic rings. The van der Waals surface area contributed by atoms with Gasteiger partial charge in [-0.3, -0.25) is 9.59 Å². The number of esters is 1. The van der Waals surface area contributed by atoms with Crippen molar-refractivity contribution in [2.75, 3.05) is 32.7 Å². The Bertz CT molecular complexity index is 1830. The molecule has 52 heavy (non-hydrogen) atoms. The number of hydrogen-bond acceptors (Lipinski definition) is 8. The molecular weight excluding hydrogens is 654 g/mol. The summed E-state index contributed by atoms with van der Waals surface area (Å²) in [6.07, 6.45) is 5.13. The molecule has 1 aliphatic carbocycles. The smallest absolute Gasteiger partial charge is 0.338 e. The Hall–Kier alpha value is -5.09. The molecule has 3 aromatic carbocycles. The molecule has 7 rings (SSSR count). The van der Waals surface area contributed by atoms with Crippen LogP contribution in [0.5, 0.6) is 11.8 Å². The molecule has 1 saturated carbocycles. The van der Waals surface area contributed by atoms with Gasteiger partial charge in [-0.25, -0.2) is 4.79 Å². The maximum atomic E-state index is 13.8. The number of carbonyl (C=O) groups excluding carboxylic acids is 3. The van der Waals surface area contributed by atoms with Crippen LogP contribution in [0, 0.1) is 31.6 Å². The number of benzene rings is 3. The minimum Gasteiger partial charge on any atom is -0.457 e. The number of nitrogens with one attached hydrogen (secondary N) is 1. The van der Waals surface area contributed by atoms with Crippen molar-refractivity contribution < 1.29 is 23.9 Å². The van der Waals surface area contributed by atoms with Crippen molar-refractivity contribution >= 4 is 17.8 Å². The molecule has 1 aromatic heterocycles. The fourth-order valence-corrected chi connectivity index (χ4v) is 8.01. The van der Waals surface area contributed by atoms with Crippen LogP contribution in [0.15, 0.2) is 84.9 Å². The molecule has 0 spiro atoms. The molecule has 0 radical (unpaired) electrons. The SMILES string of the molecule is Cc1nc(Oc2ccc(C(=O)OCc3ccccc3)cc2)nc(C)c1C(=O)N1CC2CN(CCC(NC(=O)C3CCCC3)c3ccccc3)CC2C1. The van der Waals surface area contributed by atoms with Gasteiger partial charge in [-0.1, -0.05) is 73.5 Å². The Kier molecular flexibility index (Phi) is 10.9. The highest BCUT2D eigenvalue weighted by atomic mass is 16.5. The Balaban J connectivity index is 0.908. The molecule has 3 heterocycles. The lowest BCUT2D eigenvalue weighted by Gasteiger charge is -2.26. The number of hydrogen-bond donors (Lipinski definition) is 1. The van der Waals surface area contributed by atoms with Crippen LogP contribution in [0.3, 0.4) is 0 Å². The van der Waals surface area contributed by atoms with Crippen LogP contribution in [-0.2, 0) is 16.1 Å². The summed E-state index contributed by atoms with van der Waals surface area (Å²) in [5.74, 6) is 1.17. The van der Waals surface area contributed by atoms with E-state index in [2.05, 4.69) is 32.3 Å². The first-order chi connectivity index (χ1) is 25.3. The minimum atomic E-state index is -0.420. The van der Waals surface area contributed by atoms with Crippen LogP contribution in [-0.4, -0.2) is 70.3 Å². The molecule has 0 bridgehead atoms. The zero-order valence-electron chi connectivity index (χ0n) is 30.0. The normalized spacial score (nSPS) is 19.3. The van der Waals surface area contributed by atoms with Crippen molar-refractivity contribution in [2.45, 2.75) is 58.6 Å². The molecule has 3 aliphatic rings. The third-order valence-electron chi connectivity index (χ3n) is 10.8. The number of nitrogens with zero attached hydrogens (tertiary/aromatic N) is 4. The topological polar surface area (TPSA) is 114 Å². The van der Waals surface area contributed by atoms with E-state index in [4.69, 9.17) is 9.47 Å². The average molecular weight is 702 g/mol. The number of aromatic nitrogens is 2. The average Bonchev–Trinajstić information content (AvgIpc) is 3.92. The molecule has 2 saturated heterocycles. The lowest BCUT2D eigenvalue weighted by Crippen LogP contribution is -2.37. The maximum Gasteiger partial charge on any atom is 0.338 e. The van der Waals surface area contributed by atoms with Gasteiger partial charge in [-0.05, 0) is 80.3 Å². The summed E-state index contributed by atoms with van der Waals surface area (Å²) in [7, 11) is 0. The van der Waals surface area contributed by atoms with Gasteiger partial charge in [0.1, 0.15) is 12.4 Å². The third kappa shape index (κ3) is 8.34. The van der Waals surface area contributed by atoms with Crippen LogP contribution < -0.4 is 10.1 Å². The fraction of sp³-hybridized carbons (Fsp3) is 0.405. The van der Waals surface area contributed by atoms with Crippen LogP contribution in [0.1, 0.15) is 81.4 Å². The van der Waals surface area contributed by atoms with E-state index in [0.29, 0.717) is 53.2 Å². The van der Waals surface area contributed by atoms with E-state index in [1.54, 1.807) is 24.3 Å². The Morgan fingerprint density at radius 1 is 0.808 bits per heavy atom. The van der Waals surface area contributed by atoms with Gasteiger partial charge in [0.25, 0.3) is 5.91 Å². The number of rotatable bonds is 12. The number of amides is 2. The standard InChI is InChI=1S/C42H47N5O5/c1-28-38(29(2)44-42(43-28)52-36-19-17-33(18-20-36)41(50)51-27-30-11-5-3-6-12-30)40(49)47-25-34-23-46(24-35(34)26-47)22-21-37(31-13-7-4-8-14-31)45-39(48)32-15-9-10-16-32/h3-8,11-14,17-20,32,34-35,37H,9-10,15-16,21-27H2,1-2H3,(H,45,48). The second-order valence-electron chi connectivity index (χ2n) is 14.5. The van der Waals surface area contributed by atoms with Gasteiger partial charge in [-0.2, -0.15) is 9.97 Å². The van der Waals surface area contributed by atoms with E-state index < -0.39 is 5.97 Å². The third-order valence-corrected chi connectivity index (χ3v) is 10.8.